The largest absolute Gasteiger partial charge is 0.345 e. The standard InChI is InChI=1S/C13H20N2O2/c1-4-5-6-7-8-15-11(16)9-14-13(17)12(15)10(2)3/h1,10,12H,5-9H2,2-3H3,(H,14,17). The smallest absolute Gasteiger partial charge is 0.243 e. The minimum absolute atomic E-state index is 0.00371. The lowest BCUT2D eigenvalue weighted by Gasteiger charge is -2.37. The van der Waals surface area contributed by atoms with Crippen LogP contribution in [0.2, 0.25) is 0 Å². The molecule has 2 amide bonds. The van der Waals surface area contributed by atoms with Crippen LogP contribution in [-0.2, 0) is 9.59 Å². The first kappa shape index (κ1) is 13.6. The van der Waals surface area contributed by atoms with E-state index in [1.807, 2.05) is 13.8 Å². The van der Waals surface area contributed by atoms with E-state index >= 15 is 0 Å². The number of terminal acetylenes is 1. The van der Waals surface area contributed by atoms with Gasteiger partial charge in [-0.3, -0.25) is 9.59 Å². The van der Waals surface area contributed by atoms with Gasteiger partial charge in [0, 0.05) is 13.0 Å². The summed E-state index contributed by atoms with van der Waals surface area (Å²) in [6, 6.07) is -0.331. The fourth-order valence-electron chi connectivity index (χ4n) is 2.10. The zero-order valence-electron chi connectivity index (χ0n) is 10.5. The Morgan fingerprint density at radius 1 is 1.47 bits per heavy atom. The molecule has 1 heterocycles. The first-order valence-corrected chi connectivity index (χ1v) is 6.08. The van der Waals surface area contributed by atoms with E-state index in [0.717, 1.165) is 19.3 Å². The predicted molar refractivity (Wildman–Crippen MR) is 66.0 cm³/mol. The van der Waals surface area contributed by atoms with E-state index < -0.39 is 0 Å². The summed E-state index contributed by atoms with van der Waals surface area (Å²) in [5, 5.41) is 2.63. The summed E-state index contributed by atoms with van der Waals surface area (Å²) in [4.78, 5) is 25.2. The fourth-order valence-corrected chi connectivity index (χ4v) is 2.10. The minimum Gasteiger partial charge on any atom is -0.345 e. The van der Waals surface area contributed by atoms with Gasteiger partial charge in [0.2, 0.25) is 11.8 Å². The highest BCUT2D eigenvalue weighted by molar-refractivity contribution is 5.94. The third-order valence-corrected chi connectivity index (χ3v) is 2.94. The number of unbranched alkanes of at least 4 members (excludes halogenated alkanes) is 2. The van der Waals surface area contributed by atoms with Crippen molar-refractivity contribution in [2.75, 3.05) is 13.1 Å². The average molecular weight is 236 g/mol. The van der Waals surface area contributed by atoms with Crippen LogP contribution in [0, 0.1) is 18.3 Å². The molecule has 0 spiro atoms. The van der Waals surface area contributed by atoms with E-state index in [2.05, 4.69) is 11.2 Å². The zero-order chi connectivity index (χ0) is 12.8. The van der Waals surface area contributed by atoms with Crippen molar-refractivity contribution in [2.24, 2.45) is 5.92 Å². The summed E-state index contributed by atoms with van der Waals surface area (Å²) >= 11 is 0. The predicted octanol–water partition coefficient (Wildman–Crippen LogP) is 0.773. The molecule has 0 bridgehead atoms. The summed E-state index contributed by atoms with van der Waals surface area (Å²) in [5.74, 6) is 2.67. The number of hydrogen-bond donors (Lipinski definition) is 1. The molecule has 94 valence electrons. The topological polar surface area (TPSA) is 49.4 Å². The van der Waals surface area contributed by atoms with Crippen molar-refractivity contribution >= 4 is 11.8 Å². The van der Waals surface area contributed by atoms with E-state index in [9.17, 15) is 9.59 Å². The highest BCUT2D eigenvalue weighted by Gasteiger charge is 2.35. The maximum atomic E-state index is 11.8. The first-order valence-electron chi connectivity index (χ1n) is 6.08. The molecule has 0 radical (unpaired) electrons. The van der Waals surface area contributed by atoms with Crippen LogP contribution in [0.3, 0.4) is 0 Å². The maximum Gasteiger partial charge on any atom is 0.243 e. The van der Waals surface area contributed by atoms with Crippen molar-refractivity contribution in [1.29, 1.82) is 0 Å². The van der Waals surface area contributed by atoms with Gasteiger partial charge in [-0.25, -0.2) is 0 Å². The lowest BCUT2D eigenvalue weighted by atomic mass is 9.99. The van der Waals surface area contributed by atoms with Crippen molar-refractivity contribution in [1.82, 2.24) is 10.2 Å². The Balaban J connectivity index is 2.59. The van der Waals surface area contributed by atoms with Gasteiger partial charge in [-0.2, -0.15) is 0 Å². The van der Waals surface area contributed by atoms with Gasteiger partial charge < -0.3 is 10.2 Å². The number of rotatable bonds is 5. The molecule has 1 unspecified atom stereocenters. The minimum atomic E-state index is -0.331. The van der Waals surface area contributed by atoms with Crippen LogP contribution in [0.4, 0.5) is 0 Å². The average Bonchev–Trinajstić information content (AvgIpc) is 2.28. The lowest BCUT2D eigenvalue weighted by molar-refractivity contribution is -0.147. The van der Waals surface area contributed by atoms with E-state index in [1.165, 1.54) is 0 Å². The number of carbonyl (C=O) groups is 2. The number of carbonyl (C=O) groups excluding carboxylic acids is 2. The van der Waals surface area contributed by atoms with Crippen molar-refractivity contribution < 1.29 is 9.59 Å². The fraction of sp³-hybridized carbons (Fsp3) is 0.692. The molecule has 1 aliphatic heterocycles. The maximum absolute atomic E-state index is 11.8. The SMILES string of the molecule is C#CCCCCN1C(=O)CNC(=O)C1C(C)C. The van der Waals surface area contributed by atoms with Crippen molar-refractivity contribution in [3.8, 4) is 12.3 Å². The quantitative estimate of drug-likeness (QED) is 0.566. The summed E-state index contributed by atoms with van der Waals surface area (Å²) in [6.45, 7) is 4.66. The Morgan fingerprint density at radius 2 is 2.18 bits per heavy atom. The van der Waals surface area contributed by atoms with Crippen molar-refractivity contribution in [3.05, 3.63) is 0 Å². The molecule has 17 heavy (non-hydrogen) atoms. The Bertz CT molecular complexity index is 331. The third-order valence-electron chi connectivity index (χ3n) is 2.94. The molecule has 0 aromatic heterocycles. The second-order valence-corrected chi connectivity index (χ2v) is 4.66. The van der Waals surface area contributed by atoms with Gasteiger partial charge >= 0.3 is 0 Å². The number of piperazine rings is 1. The van der Waals surface area contributed by atoms with Crippen LogP contribution < -0.4 is 5.32 Å². The second-order valence-electron chi connectivity index (χ2n) is 4.66. The van der Waals surface area contributed by atoms with Crippen LogP contribution >= 0.6 is 0 Å². The van der Waals surface area contributed by atoms with E-state index in [0.29, 0.717) is 6.54 Å². The second kappa shape index (κ2) is 6.29. The molecule has 1 saturated heterocycles. The van der Waals surface area contributed by atoms with E-state index in [1.54, 1.807) is 4.90 Å². The van der Waals surface area contributed by atoms with Crippen LogP contribution in [-0.4, -0.2) is 35.8 Å². The molecule has 1 fully saturated rings. The Kier molecular flexibility index (Phi) is 5.02. The number of amides is 2. The van der Waals surface area contributed by atoms with Gasteiger partial charge in [-0.05, 0) is 18.8 Å². The number of nitrogens with one attached hydrogen (secondary N) is 1. The van der Waals surface area contributed by atoms with Gasteiger partial charge in [0.25, 0.3) is 0 Å². The summed E-state index contributed by atoms with van der Waals surface area (Å²) in [7, 11) is 0. The van der Waals surface area contributed by atoms with Crippen LogP contribution in [0.5, 0.6) is 0 Å². The molecule has 4 nitrogen and oxygen atoms in total. The van der Waals surface area contributed by atoms with Crippen LogP contribution in [0.1, 0.15) is 33.1 Å². The van der Waals surface area contributed by atoms with Gasteiger partial charge in [0.1, 0.15) is 6.04 Å². The number of hydrogen-bond acceptors (Lipinski definition) is 2. The molecule has 1 aliphatic rings. The molecule has 1 N–H and O–H groups in total. The first-order chi connectivity index (χ1) is 8.07. The molecule has 0 aromatic carbocycles. The molecule has 0 aromatic rings. The molecule has 1 rings (SSSR count). The number of nitrogens with zero attached hydrogens (tertiary/aromatic N) is 1. The normalized spacial score (nSPS) is 20.4. The van der Waals surface area contributed by atoms with Gasteiger partial charge in [0.15, 0.2) is 0 Å². The van der Waals surface area contributed by atoms with E-state index in [4.69, 9.17) is 6.42 Å². The Labute approximate surface area is 103 Å². The Morgan fingerprint density at radius 3 is 2.76 bits per heavy atom. The van der Waals surface area contributed by atoms with E-state index in [-0.39, 0.29) is 30.3 Å². The molecule has 1 atom stereocenters. The monoisotopic (exact) mass is 236 g/mol. The van der Waals surface area contributed by atoms with Gasteiger partial charge in [-0.1, -0.05) is 13.8 Å². The van der Waals surface area contributed by atoms with Crippen LogP contribution in [0.15, 0.2) is 0 Å². The molecule has 4 heteroatoms. The molecular weight excluding hydrogens is 216 g/mol. The highest BCUT2D eigenvalue weighted by atomic mass is 16.2. The third kappa shape index (κ3) is 3.48. The van der Waals surface area contributed by atoms with Crippen molar-refractivity contribution in [2.45, 2.75) is 39.2 Å². The Hall–Kier alpha value is -1.50. The molecule has 0 saturated carbocycles. The van der Waals surface area contributed by atoms with Crippen molar-refractivity contribution in [3.63, 3.8) is 0 Å². The zero-order valence-corrected chi connectivity index (χ0v) is 10.5. The van der Waals surface area contributed by atoms with Gasteiger partial charge in [0.05, 0.1) is 6.54 Å². The highest BCUT2D eigenvalue weighted by Crippen LogP contribution is 2.15. The molecular formula is C13H20N2O2. The summed E-state index contributed by atoms with van der Waals surface area (Å²) in [6.07, 6.45) is 7.65. The summed E-state index contributed by atoms with van der Waals surface area (Å²) < 4.78 is 0. The van der Waals surface area contributed by atoms with Gasteiger partial charge in [-0.15, -0.1) is 12.3 Å². The van der Waals surface area contributed by atoms with Crippen LogP contribution in [0.25, 0.3) is 0 Å². The lowest BCUT2D eigenvalue weighted by Crippen LogP contribution is -2.60. The summed E-state index contributed by atoms with van der Waals surface area (Å²) in [5.41, 5.74) is 0. The molecule has 0 aliphatic carbocycles.